The number of aryl methyl sites for hydroxylation is 2. The fourth-order valence-corrected chi connectivity index (χ4v) is 5.54. The smallest absolute Gasteiger partial charge is 0.274 e. The van der Waals surface area contributed by atoms with Crippen LogP contribution in [0.3, 0.4) is 0 Å². The lowest BCUT2D eigenvalue weighted by atomic mass is 9.97. The van der Waals surface area contributed by atoms with Gasteiger partial charge >= 0.3 is 0 Å². The summed E-state index contributed by atoms with van der Waals surface area (Å²) in [5.41, 5.74) is 1.84. The van der Waals surface area contributed by atoms with Gasteiger partial charge in [0.2, 0.25) is 5.91 Å². The van der Waals surface area contributed by atoms with E-state index in [-0.39, 0.29) is 23.9 Å². The van der Waals surface area contributed by atoms with Gasteiger partial charge in [-0.25, -0.2) is 9.97 Å². The molecule has 0 saturated heterocycles. The maximum atomic E-state index is 12.3. The maximum Gasteiger partial charge on any atom is 0.274 e. The number of hydrogen-bond donors (Lipinski definition) is 1. The fourth-order valence-electron chi connectivity index (χ4n) is 3.39. The van der Waals surface area contributed by atoms with Crippen LogP contribution in [-0.2, 0) is 24.2 Å². The number of para-hydroxylation sites is 1. The molecule has 1 aliphatic carbocycles. The van der Waals surface area contributed by atoms with Crippen molar-refractivity contribution < 1.29 is 9.72 Å². The van der Waals surface area contributed by atoms with Crippen LogP contribution in [0.4, 0.5) is 5.69 Å². The Morgan fingerprint density at radius 2 is 2.07 bits per heavy atom. The molecule has 4 rings (SSSR count). The summed E-state index contributed by atoms with van der Waals surface area (Å²) in [4.78, 5) is 34.1. The van der Waals surface area contributed by atoms with E-state index in [2.05, 4.69) is 15.3 Å². The van der Waals surface area contributed by atoms with Crippen molar-refractivity contribution in [3.05, 3.63) is 56.7 Å². The molecular weight excluding hydrogens is 396 g/mol. The second kappa shape index (κ2) is 8.24. The highest BCUT2D eigenvalue weighted by Crippen LogP contribution is 2.39. The van der Waals surface area contributed by atoms with E-state index < -0.39 is 4.92 Å². The Morgan fingerprint density at radius 1 is 1.25 bits per heavy atom. The van der Waals surface area contributed by atoms with E-state index in [1.165, 1.54) is 41.1 Å². The lowest BCUT2D eigenvalue weighted by Crippen LogP contribution is -2.25. The van der Waals surface area contributed by atoms with E-state index in [0.717, 1.165) is 28.1 Å². The quantitative estimate of drug-likeness (QED) is 0.284. The number of nitrogens with zero attached hydrogens (tertiary/aromatic N) is 3. The summed E-state index contributed by atoms with van der Waals surface area (Å²) in [5.74, 6) is 0.0242. The SMILES string of the molecule is O=C(CSc1ncnc2sc3c(c12)CCCC3)NCc1ccccc1[N+](=O)[O-]. The highest BCUT2D eigenvalue weighted by Gasteiger charge is 2.20. The van der Waals surface area contributed by atoms with Crippen LogP contribution in [0.25, 0.3) is 10.2 Å². The van der Waals surface area contributed by atoms with Gasteiger partial charge in [0.05, 0.1) is 10.7 Å². The zero-order chi connectivity index (χ0) is 19.5. The van der Waals surface area contributed by atoms with Gasteiger partial charge in [0.15, 0.2) is 0 Å². The molecule has 144 valence electrons. The molecule has 2 aromatic heterocycles. The Bertz CT molecular complexity index is 1050. The third kappa shape index (κ3) is 3.85. The first-order valence-corrected chi connectivity index (χ1v) is 10.8. The predicted octanol–water partition coefficient (Wildman–Crippen LogP) is 3.89. The normalized spacial score (nSPS) is 13.3. The average Bonchev–Trinajstić information content (AvgIpc) is 3.10. The number of thioether (sulfide) groups is 1. The van der Waals surface area contributed by atoms with E-state index in [0.29, 0.717) is 5.56 Å². The van der Waals surface area contributed by atoms with Crippen molar-refractivity contribution in [1.29, 1.82) is 0 Å². The summed E-state index contributed by atoms with van der Waals surface area (Å²) in [6.45, 7) is 0.129. The fraction of sp³-hybridized carbons (Fsp3) is 0.316. The molecule has 9 heteroatoms. The highest BCUT2D eigenvalue weighted by atomic mass is 32.2. The van der Waals surface area contributed by atoms with E-state index >= 15 is 0 Å². The summed E-state index contributed by atoms with van der Waals surface area (Å²) >= 11 is 3.12. The molecule has 1 aliphatic rings. The Balaban J connectivity index is 1.43. The first-order chi connectivity index (χ1) is 13.6. The molecule has 1 N–H and O–H groups in total. The number of aromatic nitrogens is 2. The van der Waals surface area contributed by atoms with Crippen LogP contribution in [0.1, 0.15) is 28.8 Å². The number of nitro groups is 1. The minimum atomic E-state index is -0.437. The van der Waals surface area contributed by atoms with Crippen LogP contribution in [0.15, 0.2) is 35.6 Å². The van der Waals surface area contributed by atoms with Crippen molar-refractivity contribution in [3.8, 4) is 0 Å². The van der Waals surface area contributed by atoms with Crippen molar-refractivity contribution in [1.82, 2.24) is 15.3 Å². The number of rotatable bonds is 6. The summed E-state index contributed by atoms with van der Waals surface area (Å²) in [7, 11) is 0. The Labute approximate surface area is 169 Å². The van der Waals surface area contributed by atoms with Crippen LogP contribution in [-0.4, -0.2) is 26.6 Å². The third-order valence-corrected chi connectivity index (χ3v) is 6.91. The monoisotopic (exact) mass is 414 g/mol. The lowest BCUT2D eigenvalue weighted by Gasteiger charge is -2.11. The summed E-state index contributed by atoms with van der Waals surface area (Å²) in [6.07, 6.45) is 6.08. The molecule has 0 bridgehead atoms. The van der Waals surface area contributed by atoms with Gasteiger partial charge in [0.25, 0.3) is 5.69 Å². The van der Waals surface area contributed by atoms with Crippen molar-refractivity contribution in [3.63, 3.8) is 0 Å². The molecule has 0 aliphatic heterocycles. The van der Waals surface area contributed by atoms with E-state index in [9.17, 15) is 14.9 Å². The first-order valence-electron chi connectivity index (χ1n) is 9.00. The van der Waals surface area contributed by atoms with Crippen molar-refractivity contribution in [2.75, 3.05) is 5.75 Å². The van der Waals surface area contributed by atoms with Crippen LogP contribution >= 0.6 is 23.1 Å². The predicted molar refractivity (Wildman–Crippen MR) is 110 cm³/mol. The van der Waals surface area contributed by atoms with Gasteiger partial charge in [0.1, 0.15) is 16.2 Å². The molecule has 7 nitrogen and oxygen atoms in total. The highest BCUT2D eigenvalue weighted by molar-refractivity contribution is 8.00. The Hall–Kier alpha value is -2.52. The minimum absolute atomic E-state index is 0.0119. The number of nitro benzene ring substituents is 1. The Kier molecular flexibility index (Phi) is 5.54. The molecule has 0 atom stereocenters. The summed E-state index contributed by atoms with van der Waals surface area (Å²) < 4.78 is 0. The lowest BCUT2D eigenvalue weighted by molar-refractivity contribution is -0.385. The molecule has 0 unspecified atom stereocenters. The van der Waals surface area contributed by atoms with Crippen LogP contribution < -0.4 is 5.32 Å². The first kappa shape index (κ1) is 18.8. The van der Waals surface area contributed by atoms with E-state index in [1.807, 2.05) is 0 Å². The number of benzene rings is 1. The largest absolute Gasteiger partial charge is 0.351 e. The van der Waals surface area contributed by atoms with Gasteiger partial charge in [-0.3, -0.25) is 14.9 Å². The number of hydrogen-bond acceptors (Lipinski definition) is 7. The van der Waals surface area contributed by atoms with Gasteiger partial charge in [-0.15, -0.1) is 11.3 Å². The maximum absolute atomic E-state index is 12.3. The van der Waals surface area contributed by atoms with Gasteiger partial charge in [0, 0.05) is 28.4 Å². The molecule has 0 saturated carbocycles. The molecule has 28 heavy (non-hydrogen) atoms. The topological polar surface area (TPSA) is 98.0 Å². The number of thiophene rings is 1. The standard InChI is InChI=1S/C19H18N4O3S2/c24-16(20-9-12-5-1-3-7-14(12)23(25)26)10-27-18-17-13-6-2-4-8-15(13)28-19(17)22-11-21-18/h1,3,5,7,11H,2,4,6,8-10H2,(H,20,24). The molecule has 2 heterocycles. The molecule has 3 aromatic rings. The number of nitrogens with one attached hydrogen (secondary N) is 1. The molecule has 0 spiro atoms. The number of carbonyl (C=O) groups excluding carboxylic acids is 1. The summed E-state index contributed by atoms with van der Waals surface area (Å²) in [5, 5.41) is 15.8. The van der Waals surface area contributed by atoms with Crippen molar-refractivity contribution in [2.45, 2.75) is 37.3 Å². The van der Waals surface area contributed by atoms with Gasteiger partial charge in [-0.05, 0) is 31.2 Å². The molecule has 0 radical (unpaired) electrons. The van der Waals surface area contributed by atoms with Crippen LogP contribution in [0, 0.1) is 10.1 Å². The van der Waals surface area contributed by atoms with Crippen molar-refractivity contribution in [2.24, 2.45) is 0 Å². The molecular formula is C19H18N4O3S2. The van der Waals surface area contributed by atoms with Crippen LogP contribution in [0.2, 0.25) is 0 Å². The zero-order valence-corrected chi connectivity index (χ0v) is 16.6. The van der Waals surface area contributed by atoms with Crippen molar-refractivity contribution >= 4 is 44.9 Å². The number of amides is 1. The van der Waals surface area contributed by atoms with Gasteiger partial charge in [-0.2, -0.15) is 0 Å². The van der Waals surface area contributed by atoms with Gasteiger partial charge < -0.3 is 5.32 Å². The van der Waals surface area contributed by atoms with Crippen LogP contribution in [0.5, 0.6) is 0 Å². The second-order valence-corrected chi connectivity index (χ2v) is 8.57. The second-order valence-electron chi connectivity index (χ2n) is 6.52. The molecule has 0 fully saturated rings. The number of carbonyl (C=O) groups is 1. The molecule has 1 amide bonds. The Morgan fingerprint density at radius 3 is 2.93 bits per heavy atom. The summed E-state index contributed by atoms with van der Waals surface area (Å²) in [6, 6.07) is 6.42. The number of fused-ring (bicyclic) bond motifs is 3. The molecule has 1 aromatic carbocycles. The minimum Gasteiger partial charge on any atom is -0.351 e. The van der Waals surface area contributed by atoms with E-state index in [1.54, 1.807) is 35.9 Å². The third-order valence-electron chi connectivity index (χ3n) is 4.72. The average molecular weight is 415 g/mol. The van der Waals surface area contributed by atoms with Gasteiger partial charge in [-0.1, -0.05) is 30.0 Å². The van der Waals surface area contributed by atoms with E-state index in [4.69, 9.17) is 0 Å². The zero-order valence-electron chi connectivity index (χ0n) is 15.0.